The summed E-state index contributed by atoms with van der Waals surface area (Å²) in [4.78, 5) is 0. The maximum atomic E-state index is 14.0. The Balaban J connectivity index is 2.38. The zero-order chi connectivity index (χ0) is 13.8. The van der Waals surface area contributed by atoms with E-state index in [1.165, 1.54) is 18.9 Å². The van der Waals surface area contributed by atoms with Crippen LogP contribution in [0, 0.1) is 11.7 Å². The predicted molar refractivity (Wildman–Crippen MR) is 82.9 cm³/mol. The predicted octanol–water partition coefficient (Wildman–Crippen LogP) is 4.54. The molecule has 0 saturated heterocycles. The Morgan fingerprint density at radius 2 is 2.26 bits per heavy atom. The molecule has 0 bridgehead atoms. The molecule has 0 spiro atoms. The fraction of sp³-hybridized carbons (Fsp3) is 0.375. The summed E-state index contributed by atoms with van der Waals surface area (Å²) in [7, 11) is 2.65. The van der Waals surface area contributed by atoms with Crippen molar-refractivity contribution in [1.29, 1.82) is 0 Å². The number of hydrogen-bond acceptors (Lipinski definition) is 1. The van der Waals surface area contributed by atoms with E-state index in [0.29, 0.717) is 18.3 Å². The smallest absolute Gasteiger partial charge is 0.165 e. The van der Waals surface area contributed by atoms with Crippen molar-refractivity contribution >= 4 is 20.9 Å². The van der Waals surface area contributed by atoms with Crippen molar-refractivity contribution < 1.29 is 9.13 Å². The normalized spacial score (nSPS) is 14.9. The Morgan fingerprint density at radius 3 is 2.84 bits per heavy atom. The molecule has 0 radical (unpaired) electrons. The van der Waals surface area contributed by atoms with Crippen LogP contribution < -0.4 is 4.74 Å². The van der Waals surface area contributed by atoms with Gasteiger partial charge in [-0.05, 0) is 49.0 Å². The average Bonchev–Trinajstić information content (AvgIpc) is 3.22. The molecule has 19 heavy (non-hydrogen) atoms. The van der Waals surface area contributed by atoms with Gasteiger partial charge in [0.25, 0.3) is 0 Å². The van der Waals surface area contributed by atoms with Gasteiger partial charge in [0, 0.05) is 5.56 Å². The van der Waals surface area contributed by atoms with E-state index in [-0.39, 0.29) is 5.82 Å². The van der Waals surface area contributed by atoms with Crippen LogP contribution in [-0.4, -0.2) is 12.8 Å². The maximum absolute atomic E-state index is 14.0. The average molecular weight is 278 g/mol. The Kier molecular flexibility index (Phi) is 4.76. The molecule has 1 unspecified atom stereocenters. The van der Waals surface area contributed by atoms with Gasteiger partial charge in [-0.15, -0.1) is 9.24 Å². The summed E-state index contributed by atoms with van der Waals surface area (Å²) in [6.07, 6.45) is 6.94. The first-order chi connectivity index (χ1) is 9.17. The number of ether oxygens (including phenoxy) is 1. The zero-order valence-corrected chi connectivity index (χ0v) is 12.4. The van der Waals surface area contributed by atoms with Gasteiger partial charge in [-0.3, -0.25) is 0 Å². The van der Waals surface area contributed by atoms with Crippen molar-refractivity contribution in [2.24, 2.45) is 5.92 Å². The SMILES string of the molecule is C=C(CP)c1ccc(F)c(OCC2CC2)c1/C=C\C. The van der Waals surface area contributed by atoms with Gasteiger partial charge >= 0.3 is 0 Å². The molecule has 3 heteroatoms. The number of halogens is 1. The molecular formula is C16H20FOP. The highest BCUT2D eigenvalue weighted by Crippen LogP contribution is 2.35. The highest BCUT2D eigenvalue weighted by molar-refractivity contribution is 7.17. The van der Waals surface area contributed by atoms with Crippen molar-refractivity contribution in [1.82, 2.24) is 0 Å². The monoisotopic (exact) mass is 278 g/mol. The van der Waals surface area contributed by atoms with Crippen LogP contribution in [0.2, 0.25) is 0 Å². The molecule has 0 aromatic heterocycles. The summed E-state index contributed by atoms with van der Waals surface area (Å²) < 4.78 is 19.7. The lowest BCUT2D eigenvalue weighted by molar-refractivity contribution is 0.284. The van der Waals surface area contributed by atoms with Gasteiger partial charge in [0.15, 0.2) is 11.6 Å². The summed E-state index contributed by atoms with van der Waals surface area (Å²) in [5, 5.41) is 0. The Morgan fingerprint density at radius 1 is 1.53 bits per heavy atom. The topological polar surface area (TPSA) is 9.23 Å². The van der Waals surface area contributed by atoms with E-state index < -0.39 is 0 Å². The van der Waals surface area contributed by atoms with Crippen LogP contribution in [0.4, 0.5) is 4.39 Å². The maximum Gasteiger partial charge on any atom is 0.165 e. The van der Waals surface area contributed by atoms with Gasteiger partial charge in [-0.2, -0.15) is 0 Å². The lowest BCUT2D eigenvalue weighted by Crippen LogP contribution is -2.04. The molecule has 1 fully saturated rings. The fourth-order valence-corrected chi connectivity index (χ4v) is 2.18. The summed E-state index contributed by atoms with van der Waals surface area (Å²) >= 11 is 0. The third-order valence-corrected chi connectivity index (χ3v) is 3.76. The molecule has 0 N–H and O–H groups in total. The van der Waals surface area contributed by atoms with Crippen LogP contribution in [0.25, 0.3) is 11.6 Å². The van der Waals surface area contributed by atoms with Gasteiger partial charge in [-0.1, -0.05) is 24.8 Å². The molecule has 102 valence electrons. The number of hydrogen-bond donors (Lipinski definition) is 0. The second kappa shape index (κ2) is 6.34. The quantitative estimate of drug-likeness (QED) is 0.694. The third kappa shape index (κ3) is 3.45. The summed E-state index contributed by atoms with van der Waals surface area (Å²) in [5.74, 6) is 0.669. The van der Waals surface area contributed by atoms with E-state index in [4.69, 9.17) is 4.74 Å². The van der Waals surface area contributed by atoms with Crippen LogP contribution in [0.3, 0.4) is 0 Å². The molecule has 1 aromatic rings. The van der Waals surface area contributed by atoms with Crippen molar-refractivity contribution in [2.75, 3.05) is 12.8 Å². The minimum absolute atomic E-state index is 0.297. The fourth-order valence-electron chi connectivity index (χ4n) is 1.96. The number of benzene rings is 1. The van der Waals surface area contributed by atoms with E-state index >= 15 is 0 Å². The summed E-state index contributed by atoms with van der Waals surface area (Å²) in [5.41, 5.74) is 2.73. The zero-order valence-electron chi connectivity index (χ0n) is 11.3. The standard InChI is InChI=1S/C16H20FOP/c1-3-4-14-13(11(2)10-19)7-8-15(17)16(14)18-9-12-5-6-12/h3-4,7-8,12H,2,5-6,9-10,19H2,1H3/b4-3-. The Bertz CT molecular complexity index is 504. The van der Waals surface area contributed by atoms with Crippen LogP contribution in [0.15, 0.2) is 24.8 Å². The Hall–Kier alpha value is -1.14. The van der Waals surface area contributed by atoms with Gasteiger partial charge in [-0.25, -0.2) is 4.39 Å². The molecule has 2 rings (SSSR count). The van der Waals surface area contributed by atoms with E-state index in [9.17, 15) is 4.39 Å². The first-order valence-corrected chi connectivity index (χ1v) is 7.45. The lowest BCUT2D eigenvalue weighted by atomic mass is 10.00. The minimum atomic E-state index is -0.297. The van der Waals surface area contributed by atoms with Gasteiger partial charge < -0.3 is 4.74 Å². The molecule has 0 aliphatic heterocycles. The second-order valence-corrected chi connectivity index (χ2v) is 5.31. The van der Waals surface area contributed by atoms with Gasteiger partial charge in [0.2, 0.25) is 0 Å². The third-order valence-electron chi connectivity index (χ3n) is 3.27. The van der Waals surface area contributed by atoms with Crippen LogP contribution in [0.5, 0.6) is 5.75 Å². The first-order valence-electron chi connectivity index (χ1n) is 6.63. The number of rotatable bonds is 6. The minimum Gasteiger partial charge on any atom is -0.490 e. The van der Waals surface area contributed by atoms with Crippen LogP contribution >= 0.6 is 9.24 Å². The lowest BCUT2D eigenvalue weighted by Gasteiger charge is -2.15. The summed E-state index contributed by atoms with van der Waals surface area (Å²) in [6, 6.07) is 3.25. The molecule has 0 heterocycles. The Labute approximate surface area is 116 Å². The van der Waals surface area contributed by atoms with Crippen molar-refractivity contribution in [3.63, 3.8) is 0 Å². The van der Waals surface area contributed by atoms with E-state index in [2.05, 4.69) is 15.8 Å². The molecule has 1 nitrogen and oxygen atoms in total. The van der Waals surface area contributed by atoms with Crippen molar-refractivity contribution in [2.45, 2.75) is 19.8 Å². The molecule has 0 amide bonds. The van der Waals surface area contributed by atoms with Gasteiger partial charge in [0.1, 0.15) is 0 Å². The molecule has 1 saturated carbocycles. The molecule has 1 aliphatic rings. The van der Waals surface area contributed by atoms with E-state index in [0.717, 1.165) is 22.9 Å². The molecular weight excluding hydrogens is 258 g/mol. The number of allylic oxidation sites excluding steroid dienone is 2. The van der Waals surface area contributed by atoms with Crippen molar-refractivity contribution in [3.8, 4) is 5.75 Å². The van der Waals surface area contributed by atoms with Crippen LogP contribution in [-0.2, 0) is 0 Å². The van der Waals surface area contributed by atoms with E-state index in [1.54, 1.807) is 6.07 Å². The molecule has 1 aliphatic carbocycles. The first kappa shape index (κ1) is 14.3. The molecule has 1 atom stereocenters. The van der Waals surface area contributed by atoms with Crippen molar-refractivity contribution in [3.05, 3.63) is 41.7 Å². The largest absolute Gasteiger partial charge is 0.490 e. The van der Waals surface area contributed by atoms with Crippen LogP contribution in [0.1, 0.15) is 30.9 Å². The molecule has 1 aromatic carbocycles. The van der Waals surface area contributed by atoms with E-state index in [1.807, 2.05) is 19.1 Å². The second-order valence-electron chi connectivity index (χ2n) is 4.90. The summed E-state index contributed by atoms with van der Waals surface area (Å²) in [6.45, 7) is 6.56. The highest BCUT2D eigenvalue weighted by Gasteiger charge is 2.23. The highest BCUT2D eigenvalue weighted by atomic mass is 31.0. The van der Waals surface area contributed by atoms with Gasteiger partial charge in [0.05, 0.1) is 6.61 Å².